The zero-order chi connectivity index (χ0) is 17.3. The van der Waals surface area contributed by atoms with Crippen molar-refractivity contribution in [1.29, 1.82) is 0 Å². The Morgan fingerprint density at radius 2 is 1.79 bits per heavy atom. The highest BCUT2D eigenvalue weighted by Crippen LogP contribution is 2.37. The number of benzene rings is 2. The van der Waals surface area contributed by atoms with Crippen LogP contribution in [0.5, 0.6) is 0 Å². The minimum atomic E-state index is -1.19. The average Bonchev–Trinajstić information content (AvgIpc) is 2.90. The zero-order valence-electron chi connectivity index (χ0n) is 12.2. The number of hydrogen-bond donors (Lipinski definition) is 1. The summed E-state index contributed by atoms with van der Waals surface area (Å²) in [6, 6.07) is 13.6. The molecule has 7 nitrogen and oxygen atoms in total. The molecule has 0 spiro atoms. The van der Waals surface area contributed by atoms with Crippen LogP contribution in [0.3, 0.4) is 0 Å². The first kappa shape index (κ1) is 15.4. The molecular weight excluding hydrogens is 314 g/mol. The monoisotopic (exact) mass is 325 g/mol. The van der Waals surface area contributed by atoms with Crippen molar-refractivity contribution in [1.82, 2.24) is 0 Å². The van der Waals surface area contributed by atoms with Crippen LogP contribution in [0.15, 0.2) is 60.2 Å². The summed E-state index contributed by atoms with van der Waals surface area (Å²) in [7, 11) is 0. The van der Waals surface area contributed by atoms with Crippen molar-refractivity contribution in [2.24, 2.45) is 0 Å². The summed E-state index contributed by atoms with van der Waals surface area (Å²) < 4.78 is 5.02. The van der Waals surface area contributed by atoms with Gasteiger partial charge in [-0.2, -0.15) is 0 Å². The lowest BCUT2D eigenvalue weighted by Gasteiger charge is -2.12. The van der Waals surface area contributed by atoms with Gasteiger partial charge in [-0.15, -0.1) is 0 Å². The summed E-state index contributed by atoms with van der Waals surface area (Å²) >= 11 is 0. The maximum atomic E-state index is 12.1. The number of hydrogen-bond acceptors (Lipinski definition) is 6. The van der Waals surface area contributed by atoms with Crippen LogP contribution in [0.25, 0.3) is 5.76 Å². The lowest BCUT2D eigenvalue weighted by molar-refractivity contribution is -0.385. The molecule has 1 fully saturated rings. The number of carbonyl (C=O) groups excluding carboxylic acids is 2. The molecule has 0 amide bonds. The highest BCUT2D eigenvalue weighted by Gasteiger charge is 2.42. The number of ketones is 1. The van der Waals surface area contributed by atoms with E-state index >= 15 is 0 Å². The Bertz CT molecular complexity index is 872. The summed E-state index contributed by atoms with van der Waals surface area (Å²) in [4.78, 5) is 34.1. The molecule has 0 radical (unpaired) electrons. The van der Waals surface area contributed by atoms with Crippen molar-refractivity contribution in [3.05, 3.63) is 81.4 Å². The lowest BCUT2D eigenvalue weighted by Crippen LogP contribution is -2.08. The van der Waals surface area contributed by atoms with Gasteiger partial charge in [0.05, 0.1) is 10.5 Å². The topological polar surface area (TPSA) is 107 Å². The third-order valence-electron chi connectivity index (χ3n) is 3.60. The van der Waals surface area contributed by atoms with Gasteiger partial charge in [-0.1, -0.05) is 42.5 Å². The van der Waals surface area contributed by atoms with Gasteiger partial charge < -0.3 is 9.84 Å². The fourth-order valence-electron chi connectivity index (χ4n) is 2.47. The van der Waals surface area contributed by atoms with Gasteiger partial charge in [0.15, 0.2) is 6.10 Å². The maximum Gasteiger partial charge on any atom is 0.380 e. The molecule has 24 heavy (non-hydrogen) atoms. The Morgan fingerprint density at radius 3 is 2.46 bits per heavy atom. The highest BCUT2D eigenvalue weighted by molar-refractivity contribution is 6.44. The number of rotatable bonds is 3. The first-order chi connectivity index (χ1) is 11.5. The van der Waals surface area contributed by atoms with Crippen LogP contribution in [-0.4, -0.2) is 21.8 Å². The molecular formula is C17H11NO6. The summed E-state index contributed by atoms with van der Waals surface area (Å²) in [5.41, 5.74) is 0.142. The first-order valence-electron chi connectivity index (χ1n) is 6.97. The molecule has 0 aromatic heterocycles. The third-order valence-corrected chi connectivity index (χ3v) is 3.60. The Kier molecular flexibility index (Phi) is 3.83. The number of aliphatic hydroxyl groups is 1. The zero-order valence-corrected chi connectivity index (χ0v) is 12.2. The quantitative estimate of drug-likeness (QED) is 0.232. The maximum absolute atomic E-state index is 12.1. The average molecular weight is 325 g/mol. The number of cyclic esters (lactones) is 1. The van der Waals surface area contributed by atoms with Gasteiger partial charge in [0.25, 0.3) is 11.5 Å². The van der Waals surface area contributed by atoms with Gasteiger partial charge in [0.1, 0.15) is 5.76 Å². The van der Waals surface area contributed by atoms with Crippen molar-refractivity contribution >= 4 is 23.2 Å². The summed E-state index contributed by atoms with van der Waals surface area (Å²) in [6.45, 7) is 0. The molecule has 1 aliphatic rings. The molecule has 2 aromatic rings. The van der Waals surface area contributed by atoms with E-state index in [1.165, 1.54) is 24.3 Å². The molecule has 0 aliphatic carbocycles. The lowest BCUT2D eigenvalue weighted by atomic mass is 9.96. The Balaban J connectivity index is 2.13. The second kappa shape index (κ2) is 5.96. The van der Waals surface area contributed by atoms with E-state index < -0.39 is 22.8 Å². The van der Waals surface area contributed by atoms with Crippen molar-refractivity contribution in [3.63, 3.8) is 0 Å². The third kappa shape index (κ3) is 2.63. The van der Waals surface area contributed by atoms with E-state index in [-0.39, 0.29) is 22.6 Å². The predicted molar refractivity (Wildman–Crippen MR) is 82.9 cm³/mol. The molecule has 3 rings (SSSR count). The number of esters is 1. The second-order valence-electron chi connectivity index (χ2n) is 5.09. The van der Waals surface area contributed by atoms with Crippen molar-refractivity contribution < 1.29 is 24.4 Å². The van der Waals surface area contributed by atoms with Crippen LogP contribution in [0.1, 0.15) is 17.2 Å². The minimum Gasteiger partial charge on any atom is -0.507 e. The van der Waals surface area contributed by atoms with Crippen molar-refractivity contribution in [2.75, 3.05) is 0 Å². The van der Waals surface area contributed by atoms with E-state index in [1.54, 1.807) is 30.3 Å². The van der Waals surface area contributed by atoms with Gasteiger partial charge in [0.2, 0.25) is 0 Å². The minimum absolute atomic E-state index is 0.207. The van der Waals surface area contributed by atoms with Crippen LogP contribution in [0.4, 0.5) is 5.69 Å². The fraction of sp³-hybridized carbons (Fsp3) is 0.0588. The van der Waals surface area contributed by atoms with Gasteiger partial charge in [-0.25, -0.2) is 4.79 Å². The summed E-state index contributed by atoms with van der Waals surface area (Å²) in [6.07, 6.45) is -1.19. The van der Waals surface area contributed by atoms with Crippen molar-refractivity contribution in [2.45, 2.75) is 6.10 Å². The number of nitro groups is 1. The fourth-order valence-corrected chi connectivity index (χ4v) is 2.47. The number of ether oxygens (including phenoxy) is 1. The van der Waals surface area contributed by atoms with Gasteiger partial charge >= 0.3 is 5.97 Å². The van der Waals surface area contributed by atoms with Crippen LogP contribution < -0.4 is 0 Å². The first-order valence-corrected chi connectivity index (χ1v) is 6.97. The second-order valence-corrected chi connectivity index (χ2v) is 5.09. The highest BCUT2D eigenvalue weighted by atomic mass is 16.6. The number of nitro benzene ring substituents is 1. The number of nitrogens with zero attached hydrogens (tertiary/aromatic N) is 1. The van der Waals surface area contributed by atoms with Crippen molar-refractivity contribution in [3.8, 4) is 0 Å². The summed E-state index contributed by atoms with van der Waals surface area (Å²) in [5, 5.41) is 21.3. The Hall–Kier alpha value is -3.48. The largest absolute Gasteiger partial charge is 0.507 e. The molecule has 2 aromatic carbocycles. The molecule has 1 saturated heterocycles. The van der Waals surface area contributed by atoms with E-state index in [9.17, 15) is 24.8 Å². The molecule has 0 bridgehead atoms. The van der Waals surface area contributed by atoms with Gasteiger partial charge in [-0.05, 0) is 0 Å². The smallest absolute Gasteiger partial charge is 0.380 e. The molecule has 1 unspecified atom stereocenters. The number of non-ortho nitro benzene ring substituents is 1. The molecule has 1 N–H and O–H groups in total. The number of carbonyl (C=O) groups is 2. The predicted octanol–water partition coefficient (Wildman–Crippen LogP) is 2.73. The Morgan fingerprint density at radius 1 is 1.08 bits per heavy atom. The molecule has 7 heteroatoms. The molecule has 1 atom stereocenters. The van der Waals surface area contributed by atoms with Gasteiger partial charge in [0, 0.05) is 23.3 Å². The standard InChI is InChI=1S/C17H11NO6/c19-14(10-5-2-1-3-6-10)13-15(20)17(21)24-16(13)11-7-4-8-12(9-11)18(22)23/h1-9,16,19H/b14-13+. The van der Waals surface area contributed by atoms with E-state index in [0.717, 1.165) is 0 Å². The van der Waals surface area contributed by atoms with E-state index in [2.05, 4.69) is 0 Å². The van der Waals surface area contributed by atoms with Crippen LogP contribution >= 0.6 is 0 Å². The summed E-state index contributed by atoms with van der Waals surface area (Å²) in [5.74, 6) is -2.46. The van der Waals surface area contributed by atoms with E-state index in [0.29, 0.717) is 5.56 Å². The van der Waals surface area contributed by atoms with E-state index in [4.69, 9.17) is 4.74 Å². The molecule has 1 heterocycles. The van der Waals surface area contributed by atoms with Crippen LogP contribution in [0, 0.1) is 10.1 Å². The SMILES string of the molecule is O=C1OC(c2cccc([N+](=O)[O-])c2)/C(=C(/O)c2ccccc2)C1=O. The van der Waals surface area contributed by atoms with Gasteiger partial charge in [-0.3, -0.25) is 14.9 Å². The van der Waals surface area contributed by atoms with Crippen LogP contribution in [0.2, 0.25) is 0 Å². The number of aliphatic hydroxyl groups excluding tert-OH is 1. The molecule has 120 valence electrons. The normalized spacial score (nSPS) is 19.1. The van der Waals surface area contributed by atoms with Crippen LogP contribution in [-0.2, 0) is 14.3 Å². The molecule has 1 aliphatic heterocycles. The Labute approximate surface area is 136 Å². The van der Waals surface area contributed by atoms with E-state index in [1.807, 2.05) is 0 Å². The molecule has 0 saturated carbocycles. The number of Topliss-reactive ketones (excluding diaryl/α,β-unsaturated/α-hetero) is 1.